The molecule has 0 bridgehead atoms. The molecule has 1 unspecified atom stereocenters. The summed E-state index contributed by atoms with van der Waals surface area (Å²) in [7, 11) is -3.78. The number of ether oxygens (including phenoxy) is 1. The van der Waals surface area contributed by atoms with Crippen molar-refractivity contribution in [3.05, 3.63) is 89.0 Å². The Balaban J connectivity index is 1.59. The first kappa shape index (κ1) is 24.8. The first-order valence-corrected chi connectivity index (χ1v) is 13.4. The SMILES string of the molecule is CCC1(CC)CC(NC(=O)c2ccc(C)c(NS(=O)(=O)c3ccc(C)cc3)c2)c2ccccc2O1. The highest BCUT2D eigenvalue weighted by atomic mass is 32.2. The highest BCUT2D eigenvalue weighted by Gasteiger charge is 2.39. The van der Waals surface area contributed by atoms with E-state index in [0.29, 0.717) is 17.7 Å². The average molecular weight is 493 g/mol. The van der Waals surface area contributed by atoms with Gasteiger partial charge in [0.05, 0.1) is 16.6 Å². The molecule has 1 aliphatic rings. The Morgan fingerprint density at radius 1 is 1.00 bits per heavy atom. The topological polar surface area (TPSA) is 84.5 Å². The number of sulfonamides is 1. The summed E-state index contributed by atoms with van der Waals surface area (Å²) in [5.41, 5.74) is 3.08. The monoisotopic (exact) mass is 492 g/mol. The van der Waals surface area contributed by atoms with E-state index in [0.717, 1.165) is 35.3 Å². The van der Waals surface area contributed by atoms with E-state index in [9.17, 15) is 13.2 Å². The predicted molar refractivity (Wildman–Crippen MR) is 138 cm³/mol. The lowest BCUT2D eigenvalue weighted by Gasteiger charge is -2.41. The second kappa shape index (κ2) is 9.74. The number of benzene rings is 3. The molecule has 6 nitrogen and oxygen atoms in total. The van der Waals surface area contributed by atoms with Crippen molar-refractivity contribution in [3.8, 4) is 5.75 Å². The van der Waals surface area contributed by atoms with Crippen LogP contribution < -0.4 is 14.8 Å². The van der Waals surface area contributed by atoms with Gasteiger partial charge in [-0.1, -0.05) is 55.8 Å². The molecule has 4 rings (SSSR count). The van der Waals surface area contributed by atoms with Gasteiger partial charge in [0.25, 0.3) is 15.9 Å². The molecule has 7 heteroatoms. The number of anilines is 1. The lowest BCUT2D eigenvalue weighted by molar-refractivity contribution is 0.0227. The number of carbonyl (C=O) groups is 1. The number of hydrogen-bond donors (Lipinski definition) is 2. The molecule has 1 amide bonds. The molecular formula is C28H32N2O4S. The largest absolute Gasteiger partial charge is 0.487 e. The zero-order valence-electron chi connectivity index (χ0n) is 20.6. The molecule has 2 N–H and O–H groups in total. The fraction of sp³-hybridized carbons (Fsp3) is 0.321. The lowest BCUT2D eigenvalue weighted by Crippen LogP contribution is -2.44. The molecule has 35 heavy (non-hydrogen) atoms. The van der Waals surface area contributed by atoms with Crippen molar-refractivity contribution in [3.63, 3.8) is 0 Å². The van der Waals surface area contributed by atoms with Crippen LogP contribution in [0.25, 0.3) is 0 Å². The summed E-state index contributed by atoms with van der Waals surface area (Å²) < 4.78 is 34.8. The molecule has 1 heterocycles. The van der Waals surface area contributed by atoms with Crippen molar-refractivity contribution in [1.82, 2.24) is 5.32 Å². The van der Waals surface area contributed by atoms with Gasteiger partial charge in [0, 0.05) is 17.5 Å². The maximum absolute atomic E-state index is 13.3. The zero-order chi connectivity index (χ0) is 25.2. The van der Waals surface area contributed by atoms with Gasteiger partial charge in [0.1, 0.15) is 11.4 Å². The predicted octanol–water partition coefficient (Wildman–Crippen LogP) is 5.92. The highest BCUT2D eigenvalue weighted by Crippen LogP contribution is 2.42. The maximum atomic E-state index is 13.3. The second-order valence-electron chi connectivity index (χ2n) is 9.21. The summed E-state index contributed by atoms with van der Waals surface area (Å²) in [6.45, 7) is 7.91. The van der Waals surface area contributed by atoms with E-state index in [4.69, 9.17) is 4.74 Å². The van der Waals surface area contributed by atoms with Crippen molar-refractivity contribution in [2.45, 2.75) is 63.5 Å². The molecule has 0 aromatic heterocycles. The van der Waals surface area contributed by atoms with Gasteiger partial charge in [0.15, 0.2) is 0 Å². The third-order valence-corrected chi connectivity index (χ3v) is 8.25. The molecule has 0 saturated carbocycles. The summed E-state index contributed by atoms with van der Waals surface area (Å²) in [6, 6.07) is 19.3. The number of carbonyl (C=O) groups excluding carboxylic acids is 1. The first-order chi connectivity index (χ1) is 16.7. The first-order valence-electron chi connectivity index (χ1n) is 12.0. The van der Waals surface area contributed by atoms with Crippen molar-refractivity contribution in [2.75, 3.05) is 4.72 Å². The van der Waals surface area contributed by atoms with Crippen LogP contribution in [0.1, 0.15) is 66.2 Å². The third kappa shape index (κ3) is 5.20. The van der Waals surface area contributed by atoms with Crippen LogP contribution in [0.15, 0.2) is 71.6 Å². The van der Waals surface area contributed by atoms with Gasteiger partial charge in [-0.15, -0.1) is 0 Å². The van der Waals surface area contributed by atoms with Crippen LogP contribution in [0.3, 0.4) is 0 Å². The van der Waals surface area contributed by atoms with Gasteiger partial charge in [-0.3, -0.25) is 9.52 Å². The van der Waals surface area contributed by atoms with Crippen LogP contribution in [0.2, 0.25) is 0 Å². The third-order valence-electron chi connectivity index (χ3n) is 6.87. The molecule has 0 saturated heterocycles. The Labute approximate surface area is 207 Å². The Hall–Kier alpha value is -3.32. The van der Waals surface area contributed by atoms with Crippen LogP contribution in [-0.4, -0.2) is 19.9 Å². The van der Waals surface area contributed by atoms with Gasteiger partial charge < -0.3 is 10.1 Å². The van der Waals surface area contributed by atoms with Crippen LogP contribution in [-0.2, 0) is 10.0 Å². The summed E-state index contributed by atoms with van der Waals surface area (Å²) in [5.74, 6) is 0.534. The molecule has 1 aliphatic heterocycles. The van der Waals surface area contributed by atoms with Crippen LogP contribution in [0.4, 0.5) is 5.69 Å². The Morgan fingerprint density at radius 3 is 2.37 bits per heavy atom. The molecular weight excluding hydrogens is 460 g/mol. The Bertz CT molecular complexity index is 1330. The molecule has 0 spiro atoms. The number of aryl methyl sites for hydroxylation is 2. The number of para-hydroxylation sites is 1. The van der Waals surface area contributed by atoms with Crippen molar-refractivity contribution in [2.24, 2.45) is 0 Å². The molecule has 3 aromatic rings. The summed E-state index contributed by atoms with van der Waals surface area (Å²) in [6.07, 6.45) is 2.33. The normalized spacial score (nSPS) is 16.6. The fourth-order valence-electron chi connectivity index (χ4n) is 4.47. The van der Waals surface area contributed by atoms with E-state index >= 15 is 0 Å². The molecule has 184 valence electrons. The summed E-state index contributed by atoms with van der Waals surface area (Å²) >= 11 is 0. The number of nitrogens with one attached hydrogen (secondary N) is 2. The second-order valence-corrected chi connectivity index (χ2v) is 10.9. The van der Waals surface area contributed by atoms with E-state index in [1.54, 1.807) is 49.4 Å². The standard InChI is InChI=1S/C28H32N2O4S/c1-5-28(6-2)18-25(23-9-7-8-10-26(23)34-28)29-27(31)21-14-13-20(4)24(17-21)30-35(32,33)22-15-11-19(3)12-16-22/h7-17,25,30H,5-6,18H2,1-4H3,(H,29,31). The van der Waals surface area contributed by atoms with E-state index in [2.05, 4.69) is 23.9 Å². The van der Waals surface area contributed by atoms with Gasteiger partial charge in [-0.2, -0.15) is 0 Å². The van der Waals surface area contributed by atoms with Crippen molar-refractivity contribution < 1.29 is 17.9 Å². The molecule has 0 aliphatic carbocycles. The quantitative estimate of drug-likeness (QED) is 0.429. The molecule has 0 fully saturated rings. The minimum absolute atomic E-state index is 0.173. The van der Waals surface area contributed by atoms with E-state index in [-0.39, 0.29) is 22.4 Å². The van der Waals surface area contributed by atoms with Crippen molar-refractivity contribution in [1.29, 1.82) is 0 Å². The molecule has 1 atom stereocenters. The van der Waals surface area contributed by atoms with Gasteiger partial charge in [-0.25, -0.2) is 8.42 Å². The van der Waals surface area contributed by atoms with E-state index in [1.165, 1.54) is 0 Å². The lowest BCUT2D eigenvalue weighted by atomic mass is 9.83. The van der Waals surface area contributed by atoms with Gasteiger partial charge in [0.2, 0.25) is 0 Å². The minimum atomic E-state index is -3.78. The number of amides is 1. The van der Waals surface area contributed by atoms with E-state index in [1.807, 2.05) is 31.2 Å². The Morgan fingerprint density at radius 2 is 1.69 bits per heavy atom. The fourth-order valence-corrected chi connectivity index (χ4v) is 5.59. The van der Waals surface area contributed by atoms with Crippen LogP contribution in [0.5, 0.6) is 5.75 Å². The highest BCUT2D eigenvalue weighted by molar-refractivity contribution is 7.92. The van der Waals surface area contributed by atoms with Gasteiger partial charge in [-0.05, 0) is 62.6 Å². The molecule has 3 aromatic carbocycles. The van der Waals surface area contributed by atoms with Crippen LogP contribution in [0, 0.1) is 13.8 Å². The number of hydrogen-bond acceptors (Lipinski definition) is 4. The van der Waals surface area contributed by atoms with Crippen LogP contribution >= 0.6 is 0 Å². The average Bonchev–Trinajstić information content (AvgIpc) is 2.85. The van der Waals surface area contributed by atoms with Crippen molar-refractivity contribution >= 4 is 21.6 Å². The summed E-state index contributed by atoms with van der Waals surface area (Å²) in [4.78, 5) is 13.5. The minimum Gasteiger partial charge on any atom is -0.487 e. The van der Waals surface area contributed by atoms with E-state index < -0.39 is 10.0 Å². The number of fused-ring (bicyclic) bond motifs is 1. The smallest absolute Gasteiger partial charge is 0.261 e. The molecule has 0 radical (unpaired) electrons. The zero-order valence-corrected chi connectivity index (χ0v) is 21.4. The Kier molecular flexibility index (Phi) is 6.90. The number of rotatable bonds is 7. The van der Waals surface area contributed by atoms with Gasteiger partial charge >= 0.3 is 0 Å². The maximum Gasteiger partial charge on any atom is 0.261 e. The summed E-state index contributed by atoms with van der Waals surface area (Å²) in [5, 5.41) is 3.17.